The number of rotatable bonds is 5. The van der Waals surface area contributed by atoms with E-state index in [4.69, 9.17) is 4.74 Å². The highest BCUT2D eigenvalue weighted by atomic mass is 32.1. The van der Waals surface area contributed by atoms with Gasteiger partial charge < -0.3 is 4.74 Å². The highest BCUT2D eigenvalue weighted by molar-refractivity contribution is 7.17. The molecule has 0 spiro atoms. The third-order valence-electron chi connectivity index (χ3n) is 6.45. The van der Waals surface area contributed by atoms with Gasteiger partial charge in [-0.2, -0.15) is 0 Å². The summed E-state index contributed by atoms with van der Waals surface area (Å²) >= 11 is 1.53. The van der Waals surface area contributed by atoms with Gasteiger partial charge in [0.25, 0.3) is 5.56 Å². The molecule has 0 fully saturated rings. The fraction of sp³-hybridized carbons (Fsp3) is 0.172. The summed E-state index contributed by atoms with van der Waals surface area (Å²) in [6.07, 6.45) is 6.43. The number of benzene rings is 3. The van der Waals surface area contributed by atoms with E-state index in [0.717, 1.165) is 45.9 Å². The number of ether oxygens (including phenoxy) is 1. The van der Waals surface area contributed by atoms with Crippen molar-refractivity contribution >= 4 is 21.6 Å². The molecular weight excluding hydrogens is 440 g/mol. The molecule has 5 aromatic rings. The van der Waals surface area contributed by atoms with Crippen molar-refractivity contribution in [3.8, 4) is 22.6 Å². The standard InChI is InChI=1S/C29H24N2O2S/c32-29-27-26(23-14-13-21-8-4-5-9-22(21)16-23)18-34-28(27)30-19-31(29)17-20-7-6-12-25(15-20)33-24-10-2-1-3-11-24/h1-3,6-7,10-16,18-19H,4-5,8-9,17H2. The van der Waals surface area contributed by atoms with Gasteiger partial charge in [0.05, 0.1) is 18.3 Å². The first-order valence-corrected chi connectivity index (χ1v) is 12.5. The average molecular weight is 465 g/mol. The van der Waals surface area contributed by atoms with Crippen LogP contribution < -0.4 is 10.3 Å². The van der Waals surface area contributed by atoms with Crippen LogP contribution in [0, 0.1) is 0 Å². The first-order valence-electron chi connectivity index (χ1n) is 11.7. The summed E-state index contributed by atoms with van der Waals surface area (Å²) in [5.41, 5.74) is 5.95. The lowest BCUT2D eigenvalue weighted by atomic mass is 9.89. The number of para-hydroxylation sites is 1. The quantitative estimate of drug-likeness (QED) is 0.286. The number of nitrogens with zero attached hydrogens (tertiary/aromatic N) is 2. The third kappa shape index (κ3) is 4.03. The predicted molar refractivity (Wildman–Crippen MR) is 138 cm³/mol. The van der Waals surface area contributed by atoms with Crippen molar-refractivity contribution in [3.05, 3.63) is 112 Å². The fourth-order valence-corrected chi connectivity index (χ4v) is 5.63. The van der Waals surface area contributed by atoms with Crippen LogP contribution in [0.5, 0.6) is 11.5 Å². The molecule has 4 nitrogen and oxygen atoms in total. The molecule has 0 unspecified atom stereocenters. The van der Waals surface area contributed by atoms with Crippen LogP contribution in [0.1, 0.15) is 29.5 Å². The number of thiophene rings is 1. The molecule has 2 heterocycles. The molecule has 3 aromatic carbocycles. The highest BCUT2D eigenvalue weighted by Crippen LogP contribution is 2.33. The van der Waals surface area contributed by atoms with Gasteiger partial charge in [-0.3, -0.25) is 9.36 Å². The molecule has 0 saturated heterocycles. The van der Waals surface area contributed by atoms with Crippen molar-refractivity contribution in [1.82, 2.24) is 9.55 Å². The number of fused-ring (bicyclic) bond motifs is 2. The van der Waals surface area contributed by atoms with Crippen molar-refractivity contribution in [2.75, 3.05) is 0 Å². The molecule has 0 bridgehead atoms. The average Bonchev–Trinajstić information content (AvgIpc) is 3.31. The molecule has 0 aliphatic heterocycles. The second-order valence-electron chi connectivity index (χ2n) is 8.76. The summed E-state index contributed by atoms with van der Waals surface area (Å²) in [7, 11) is 0. The van der Waals surface area contributed by atoms with Gasteiger partial charge in [0.2, 0.25) is 0 Å². The van der Waals surface area contributed by atoms with Gasteiger partial charge in [0, 0.05) is 10.9 Å². The van der Waals surface area contributed by atoms with Crippen LogP contribution in [0.15, 0.2) is 89.3 Å². The first-order chi connectivity index (χ1) is 16.7. The Kier molecular flexibility index (Phi) is 5.47. The number of aromatic nitrogens is 2. The van der Waals surface area contributed by atoms with Crippen molar-refractivity contribution in [1.29, 1.82) is 0 Å². The Morgan fingerprint density at radius 2 is 1.71 bits per heavy atom. The topological polar surface area (TPSA) is 44.1 Å². The van der Waals surface area contributed by atoms with Crippen LogP contribution in [0.2, 0.25) is 0 Å². The van der Waals surface area contributed by atoms with E-state index in [1.807, 2.05) is 54.6 Å². The Balaban J connectivity index is 1.33. The molecule has 34 heavy (non-hydrogen) atoms. The molecule has 2 aromatic heterocycles. The van der Waals surface area contributed by atoms with Crippen LogP contribution in [0.4, 0.5) is 0 Å². The molecule has 1 aliphatic rings. The van der Waals surface area contributed by atoms with Crippen LogP contribution >= 0.6 is 11.3 Å². The van der Waals surface area contributed by atoms with Gasteiger partial charge in [0.15, 0.2) is 0 Å². The van der Waals surface area contributed by atoms with Crippen molar-refractivity contribution in [3.63, 3.8) is 0 Å². The molecule has 1 aliphatic carbocycles. The maximum atomic E-state index is 13.6. The Labute approximate surface area is 202 Å². The molecule has 0 radical (unpaired) electrons. The van der Waals surface area contributed by atoms with E-state index in [-0.39, 0.29) is 5.56 Å². The molecular formula is C29H24N2O2S. The minimum Gasteiger partial charge on any atom is -0.457 e. The zero-order valence-corrected chi connectivity index (χ0v) is 19.6. The molecule has 0 N–H and O–H groups in total. The Bertz CT molecular complexity index is 1540. The zero-order valence-electron chi connectivity index (χ0n) is 18.7. The Hall–Kier alpha value is -3.70. The van der Waals surface area contributed by atoms with Crippen LogP contribution in [0.3, 0.4) is 0 Å². The molecule has 0 saturated carbocycles. The SMILES string of the molecule is O=c1c2c(-c3ccc4c(c3)CCCC4)csc2ncn1Cc1cccc(Oc2ccccc2)c1. The van der Waals surface area contributed by atoms with E-state index in [9.17, 15) is 4.79 Å². The molecule has 168 valence electrons. The summed E-state index contributed by atoms with van der Waals surface area (Å²) in [5.74, 6) is 1.53. The summed E-state index contributed by atoms with van der Waals surface area (Å²) in [5, 5.41) is 2.78. The number of hydrogen-bond donors (Lipinski definition) is 0. The lowest BCUT2D eigenvalue weighted by Crippen LogP contribution is -2.21. The van der Waals surface area contributed by atoms with E-state index in [1.165, 1.54) is 35.3 Å². The largest absolute Gasteiger partial charge is 0.457 e. The van der Waals surface area contributed by atoms with E-state index in [1.54, 1.807) is 10.9 Å². The second-order valence-corrected chi connectivity index (χ2v) is 9.62. The van der Waals surface area contributed by atoms with E-state index < -0.39 is 0 Å². The number of aryl methyl sites for hydroxylation is 2. The fourth-order valence-electron chi connectivity index (χ4n) is 4.72. The van der Waals surface area contributed by atoms with Crippen molar-refractivity contribution in [2.24, 2.45) is 0 Å². The second kappa shape index (κ2) is 8.92. The van der Waals surface area contributed by atoms with Crippen molar-refractivity contribution < 1.29 is 4.74 Å². The van der Waals surface area contributed by atoms with E-state index in [0.29, 0.717) is 11.9 Å². The normalized spacial score (nSPS) is 13.1. The van der Waals surface area contributed by atoms with Gasteiger partial charge in [-0.1, -0.05) is 48.5 Å². The summed E-state index contributed by atoms with van der Waals surface area (Å²) < 4.78 is 7.66. The minimum atomic E-state index is -0.00616. The van der Waals surface area contributed by atoms with Gasteiger partial charge in [-0.05, 0) is 72.2 Å². The summed E-state index contributed by atoms with van der Waals surface area (Å²) in [6, 6.07) is 24.2. The van der Waals surface area contributed by atoms with Gasteiger partial charge in [-0.15, -0.1) is 11.3 Å². The van der Waals surface area contributed by atoms with E-state index in [2.05, 4.69) is 28.6 Å². The zero-order chi connectivity index (χ0) is 22.9. The Morgan fingerprint density at radius 1 is 0.882 bits per heavy atom. The number of hydrogen-bond acceptors (Lipinski definition) is 4. The molecule has 6 rings (SSSR count). The Morgan fingerprint density at radius 3 is 2.59 bits per heavy atom. The molecule has 0 atom stereocenters. The summed E-state index contributed by atoms with van der Waals surface area (Å²) in [4.78, 5) is 19.0. The highest BCUT2D eigenvalue weighted by Gasteiger charge is 2.16. The van der Waals surface area contributed by atoms with Crippen LogP contribution in [-0.4, -0.2) is 9.55 Å². The lowest BCUT2D eigenvalue weighted by molar-refractivity contribution is 0.481. The van der Waals surface area contributed by atoms with Crippen LogP contribution in [-0.2, 0) is 19.4 Å². The van der Waals surface area contributed by atoms with Gasteiger partial charge in [-0.25, -0.2) is 4.98 Å². The van der Waals surface area contributed by atoms with Crippen LogP contribution in [0.25, 0.3) is 21.3 Å². The third-order valence-corrected chi connectivity index (χ3v) is 7.34. The minimum absolute atomic E-state index is 0.00616. The lowest BCUT2D eigenvalue weighted by Gasteiger charge is -2.16. The smallest absolute Gasteiger partial charge is 0.263 e. The predicted octanol–water partition coefficient (Wildman–Crippen LogP) is 6.84. The monoisotopic (exact) mass is 464 g/mol. The molecule has 5 heteroatoms. The maximum Gasteiger partial charge on any atom is 0.263 e. The van der Waals surface area contributed by atoms with Crippen molar-refractivity contribution in [2.45, 2.75) is 32.2 Å². The van der Waals surface area contributed by atoms with Gasteiger partial charge >= 0.3 is 0 Å². The van der Waals surface area contributed by atoms with E-state index >= 15 is 0 Å². The molecule has 0 amide bonds. The first kappa shape index (κ1) is 20.9. The van der Waals surface area contributed by atoms with Gasteiger partial charge in [0.1, 0.15) is 16.3 Å². The maximum absolute atomic E-state index is 13.6. The summed E-state index contributed by atoms with van der Waals surface area (Å²) in [6.45, 7) is 0.438.